The Labute approximate surface area is 68.5 Å². The van der Waals surface area contributed by atoms with Crippen LogP contribution in [0, 0.1) is 0 Å². The van der Waals surface area contributed by atoms with E-state index in [1.165, 1.54) is 38.6 Å². The van der Waals surface area contributed by atoms with Crippen molar-refractivity contribution < 1.29 is 4.84 Å². The maximum absolute atomic E-state index is 5.75. The predicted octanol–water partition coefficient (Wildman–Crippen LogP) is 1.95. The number of piperidine rings is 1. The standard InChI is InChI=1S/C9H17NO/c1-2-9-7-8-5-3-4-6-10(8)11-9/h8-9H,2-7H2,1H3/t8-,9-/m0/s1. The molecule has 0 aromatic carbocycles. The van der Waals surface area contributed by atoms with Crippen molar-refractivity contribution in [2.75, 3.05) is 6.54 Å². The molecule has 0 aromatic heterocycles. The Kier molecular flexibility index (Phi) is 2.14. The summed E-state index contributed by atoms with van der Waals surface area (Å²) in [5.41, 5.74) is 0. The molecule has 0 spiro atoms. The fourth-order valence-corrected chi connectivity index (χ4v) is 2.13. The van der Waals surface area contributed by atoms with Crippen molar-refractivity contribution in [1.29, 1.82) is 0 Å². The summed E-state index contributed by atoms with van der Waals surface area (Å²) in [6.07, 6.45) is 7.06. The van der Waals surface area contributed by atoms with E-state index in [1.807, 2.05) is 0 Å². The van der Waals surface area contributed by atoms with Crippen LogP contribution < -0.4 is 0 Å². The molecule has 2 saturated heterocycles. The second-order valence-electron chi connectivity index (χ2n) is 3.66. The molecule has 0 N–H and O–H groups in total. The molecular weight excluding hydrogens is 138 g/mol. The molecular formula is C9H17NO. The van der Waals surface area contributed by atoms with E-state index in [0.29, 0.717) is 6.10 Å². The minimum Gasteiger partial charge on any atom is -0.295 e. The maximum atomic E-state index is 5.75. The van der Waals surface area contributed by atoms with Crippen LogP contribution in [0.25, 0.3) is 0 Å². The van der Waals surface area contributed by atoms with Gasteiger partial charge < -0.3 is 0 Å². The van der Waals surface area contributed by atoms with Gasteiger partial charge in [0.05, 0.1) is 6.10 Å². The Bertz CT molecular complexity index is 124. The van der Waals surface area contributed by atoms with Crippen LogP contribution in [0.3, 0.4) is 0 Å². The van der Waals surface area contributed by atoms with Gasteiger partial charge in [-0.25, -0.2) is 0 Å². The second kappa shape index (κ2) is 3.11. The van der Waals surface area contributed by atoms with E-state index in [9.17, 15) is 0 Å². The van der Waals surface area contributed by atoms with Crippen LogP contribution in [-0.2, 0) is 4.84 Å². The summed E-state index contributed by atoms with van der Waals surface area (Å²) in [6.45, 7) is 3.38. The lowest BCUT2D eigenvalue weighted by Crippen LogP contribution is -2.32. The molecule has 0 aliphatic carbocycles. The minimum atomic E-state index is 0.526. The largest absolute Gasteiger partial charge is 0.295 e. The van der Waals surface area contributed by atoms with E-state index >= 15 is 0 Å². The molecule has 2 heteroatoms. The van der Waals surface area contributed by atoms with Gasteiger partial charge in [0.15, 0.2) is 0 Å². The number of fused-ring (bicyclic) bond motifs is 1. The van der Waals surface area contributed by atoms with Crippen molar-refractivity contribution in [3.05, 3.63) is 0 Å². The molecule has 2 heterocycles. The molecule has 2 nitrogen and oxygen atoms in total. The van der Waals surface area contributed by atoms with Gasteiger partial charge in [0.2, 0.25) is 0 Å². The zero-order chi connectivity index (χ0) is 7.68. The number of hydroxylamine groups is 2. The van der Waals surface area contributed by atoms with E-state index in [1.54, 1.807) is 0 Å². The number of hydrogen-bond donors (Lipinski definition) is 0. The lowest BCUT2D eigenvalue weighted by Gasteiger charge is -2.26. The lowest BCUT2D eigenvalue weighted by molar-refractivity contribution is -0.171. The van der Waals surface area contributed by atoms with Gasteiger partial charge in [-0.05, 0) is 25.7 Å². The molecule has 11 heavy (non-hydrogen) atoms. The second-order valence-corrected chi connectivity index (χ2v) is 3.66. The molecule has 2 rings (SSSR count). The van der Waals surface area contributed by atoms with E-state index in [0.717, 1.165) is 6.04 Å². The number of rotatable bonds is 1. The average Bonchev–Trinajstić information content (AvgIpc) is 2.46. The zero-order valence-corrected chi connectivity index (χ0v) is 7.25. The van der Waals surface area contributed by atoms with Crippen LogP contribution in [0.1, 0.15) is 39.0 Å². The summed E-state index contributed by atoms with van der Waals surface area (Å²) in [5, 5.41) is 2.22. The van der Waals surface area contributed by atoms with Gasteiger partial charge in [0, 0.05) is 12.6 Å². The van der Waals surface area contributed by atoms with E-state index < -0.39 is 0 Å². The van der Waals surface area contributed by atoms with Crippen LogP contribution in [0.15, 0.2) is 0 Å². The molecule has 0 saturated carbocycles. The Morgan fingerprint density at radius 2 is 2.36 bits per heavy atom. The first-order chi connectivity index (χ1) is 5.40. The van der Waals surface area contributed by atoms with Gasteiger partial charge >= 0.3 is 0 Å². The third-order valence-corrected chi connectivity index (χ3v) is 2.85. The highest BCUT2D eigenvalue weighted by molar-refractivity contribution is 4.80. The summed E-state index contributed by atoms with van der Waals surface area (Å²) in [5.74, 6) is 0. The smallest absolute Gasteiger partial charge is 0.0806 e. The molecule has 2 fully saturated rings. The van der Waals surface area contributed by atoms with Crippen molar-refractivity contribution in [3.8, 4) is 0 Å². The van der Waals surface area contributed by atoms with Crippen LogP contribution in [0.4, 0.5) is 0 Å². The van der Waals surface area contributed by atoms with Crippen LogP contribution in [0.2, 0.25) is 0 Å². The van der Waals surface area contributed by atoms with E-state index in [-0.39, 0.29) is 0 Å². The van der Waals surface area contributed by atoms with Gasteiger partial charge in [-0.1, -0.05) is 13.3 Å². The monoisotopic (exact) mass is 155 g/mol. The molecule has 0 bridgehead atoms. The highest BCUT2D eigenvalue weighted by Crippen LogP contribution is 2.29. The summed E-state index contributed by atoms with van der Waals surface area (Å²) in [6, 6.07) is 0.758. The van der Waals surface area contributed by atoms with Gasteiger partial charge in [-0.3, -0.25) is 4.84 Å². The van der Waals surface area contributed by atoms with Gasteiger partial charge in [0.25, 0.3) is 0 Å². The predicted molar refractivity (Wildman–Crippen MR) is 44.1 cm³/mol. The highest BCUT2D eigenvalue weighted by atomic mass is 16.7. The maximum Gasteiger partial charge on any atom is 0.0806 e. The first-order valence-corrected chi connectivity index (χ1v) is 4.83. The van der Waals surface area contributed by atoms with E-state index in [4.69, 9.17) is 4.84 Å². The highest BCUT2D eigenvalue weighted by Gasteiger charge is 2.33. The van der Waals surface area contributed by atoms with Gasteiger partial charge in [0.1, 0.15) is 0 Å². The van der Waals surface area contributed by atoms with Crippen LogP contribution in [-0.4, -0.2) is 23.8 Å². The Morgan fingerprint density at radius 1 is 1.45 bits per heavy atom. The van der Waals surface area contributed by atoms with Crippen molar-refractivity contribution in [2.45, 2.75) is 51.2 Å². The van der Waals surface area contributed by atoms with Gasteiger partial charge in [-0.15, -0.1) is 0 Å². The van der Waals surface area contributed by atoms with Crippen molar-refractivity contribution >= 4 is 0 Å². The molecule has 2 atom stereocenters. The molecule has 2 aliphatic heterocycles. The number of hydrogen-bond acceptors (Lipinski definition) is 2. The van der Waals surface area contributed by atoms with Crippen molar-refractivity contribution in [2.24, 2.45) is 0 Å². The molecule has 0 unspecified atom stereocenters. The third-order valence-electron chi connectivity index (χ3n) is 2.85. The SMILES string of the molecule is CC[C@H]1C[C@@H]2CCCCN2O1. The average molecular weight is 155 g/mol. The zero-order valence-electron chi connectivity index (χ0n) is 7.25. The summed E-state index contributed by atoms with van der Waals surface area (Å²) >= 11 is 0. The fraction of sp³-hybridized carbons (Fsp3) is 1.00. The Hall–Kier alpha value is -0.0800. The van der Waals surface area contributed by atoms with Crippen molar-refractivity contribution in [1.82, 2.24) is 5.06 Å². The summed E-state index contributed by atoms with van der Waals surface area (Å²) < 4.78 is 0. The Morgan fingerprint density at radius 3 is 3.09 bits per heavy atom. The fourth-order valence-electron chi connectivity index (χ4n) is 2.13. The minimum absolute atomic E-state index is 0.526. The number of nitrogens with zero attached hydrogens (tertiary/aromatic N) is 1. The van der Waals surface area contributed by atoms with Crippen LogP contribution in [0.5, 0.6) is 0 Å². The molecule has 64 valence electrons. The van der Waals surface area contributed by atoms with Gasteiger partial charge in [-0.2, -0.15) is 5.06 Å². The quantitative estimate of drug-likeness (QED) is 0.574. The normalized spacial score (nSPS) is 39.0. The molecule has 0 radical (unpaired) electrons. The topological polar surface area (TPSA) is 12.5 Å². The molecule has 0 aromatic rings. The molecule has 2 aliphatic rings. The first kappa shape index (κ1) is 7.56. The summed E-state index contributed by atoms with van der Waals surface area (Å²) in [7, 11) is 0. The van der Waals surface area contributed by atoms with Crippen molar-refractivity contribution in [3.63, 3.8) is 0 Å². The van der Waals surface area contributed by atoms with Crippen LogP contribution >= 0.6 is 0 Å². The molecule has 0 amide bonds. The lowest BCUT2D eigenvalue weighted by atomic mass is 10.00. The van der Waals surface area contributed by atoms with E-state index in [2.05, 4.69) is 12.0 Å². The Balaban J connectivity index is 1.92. The third kappa shape index (κ3) is 1.42. The first-order valence-electron chi connectivity index (χ1n) is 4.83. The summed E-state index contributed by atoms with van der Waals surface area (Å²) in [4.78, 5) is 5.75.